The molecule has 1 radical (unpaired) electrons. The molecule has 0 fully saturated rings. The second kappa shape index (κ2) is 7.66. The summed E-state index contributed by atoms with van der Waals surface area (Å²) in [4.78, 5) is 0. The van der Waals surface area contributed by atoms with E-state index in [1.54, 1.807) is 0 Å². The minimum atomic E-state index is -9.05. The molecule has 0 spiro atoms. The first-order valence-corrected chi connectivity index (χ1v) is 6.47. The Kier molecular flexibility index (Phi) is 7.24. The predicted molar refractivity (Wildman–Crippen MR) is 55.4 cm³/mol. The van der Waals surface area contributed by atoms with E-state index in [2.05, 4.69) is 0 Å². The average Bonchev–Trinajstić information content (AvgIpc) is 2.59. The third-order valence-corrected chi connectivity index (χ3v) is 3.44. The van der Waals surface area contributed by atoms with Crippen LogP contribution >= 0.6 is 0 Å². The summed E-state index contributed by atoms with van der Waals surface area (Å²) in [5.74, 6) is -73.7. The van der Waals surface area contributed by atoms with Gasteiger partial charge in [0.25, 0.3) is 0 Å². The van der Waals surface area contributed by atoms with E-state index in [1.807, 2.05) is 0 Å². The van der Waals surface area contributed by atoms with Crippen LogP contribution in [0.3, 0.4) is 0 Å². The third kappa shape index (κ3) is 3.52. The van der Waals surface area contributed by atoms with Gasteiger partial charge in [0, 0.05) is 0 Å². The Morgan fingerprint density at radius 2 is 0.531 bits per heavy atom. The minimum absolute atomic E-state index is 4.66. The maximum Gasteiger partial charge on any atom is 0.385 e. The van der Waals surface area contributed by atoms with Gasteiger partial charge in [-0.1, -0.05) is 0 Å². The zero-order valence-electron chi connectivity index (χ0n) is 13.4. The highest BCUT2D eigenvalue weighted by Crippen LogP contribution is 2.65. The molecule has 0 atom stereocenters. The van der Waals surface area contributed by atoms with Crippen LogP contribution in [-0.4, -0.2) is 47.4 Å². The molecule has 0 rings (SSSR count). The highest BCUT2D eigenvalue weighted by Gasteiger charge is 2.96. The van der Waals surface area contributed by atoms with E-state index in [1.165, 1.54) is 0 Å². The number of alkyl halides is 16. The fourth-order valence-electron chi connectivity index (χ4n) is 1.56. The normalized spacial score (nSPS) is 15.9. The van der Waals surface area contributed by atoms with Crippen LogP contribution in [0.25, 0.3) is 0 Å². The SMILES string of the molecule is F[C](F)C(F)(F)C(F)(F)C(F)(F)C(F)(F)C(F)(F)C(F)(F)C(F)(F)C(F)(F)C(F)=C(F)F. The van der Waals surface area contributed by atoms with E-state index < -0.39 is 65.7 Å². The van der Waals surface area contributed by atoms with Crippen molar-refractivity contribution < 1.29 is 92.2 Å². The zero-order chi connectivity index (χ0) is 26.7. The molecule has 0 bridgehead atoms. The van der Waals surface area contributed by atoms with Crippen LogP contribution in [0.2, 0.25) is 0 Å². The molecule has 0 nitrogen and oxygen atoms in total. The van der Waals surface area contributed by atoms with Gasteiger partial charge in [-0.25, -0.2) is 0 Å². The molecular formula is C11F21. The monoisotopic (exact) mass is 531 g/mol. The number of hydrogen-bond donors (Lipinski definition) is 0. The summed E-state index contributed by atoms with van der Waals surface area (Å²) in [5, 5.41) is 0. The average molecular weight is 531 g/mol. The van der Waals surface area contributed by atoms with Crippen molar-refractivity contribution >= 4 is 0 Å². The number of rotatable bonds is 9. The molecule has 0 aromatic rings. The molecule has 0 saturated heterocycles. The van der Waals surface area contributed by atoms with E-state index in [0.717, 1.165) is 0 Å². The lowest BCUT2D eigenvalue weighted by Gasteiger charge is -2.43. The van der Waals surface area contributed by atoms with E-state index in [-0.39, 0.29) is 0 Å². The zero-order valence-corrected chi connectivity index (χ0v) is 13.4. The summed E-state index contributed by atoms with van der Waals surface area (Å²) in [5.41, 5.74) is 0. The maximum atomic E-state index is 13.2. The standard InChI is InChI=1S/C11F21/c12-1(2(13)14)4(17,18)6(21,22)8(25,26)10(29,30)11(31,32)9(27,28)7(23,24)5(19,20)3(15)16. The van der Waals surface area contributed by atoms with E-state index in [9.17, 15) is 92.2 Å². The number of halogens is 21. The summed E-state index contributed by atoms with van der Waals surface area (Å²) in [6, 6.07) is 0. The van der Waals surface area contributed by atoms with Gasteiger partial charge in [0.1, 0.15) is 0 Å². The van der Waals surface area contributed by atoms with Crippen molar-refractivity contribution in [3.05, 3.63) is 18.3 Å². The van der Waals surface area contributed by atoms with Crippen LogP contribution in [0.4, 0.5) is 92.2 Å². The fourth-order valence-corrected chi connectivity index (χ4v) is 1.56. The van der Waals surface area contributed by atoms with Crippen molar-refractivity contribution in [1.29, 1.82) is 0 Å². The molecule has 0 amide bonds. The Morgan fingerprint density at radius 1 is 0.312 bits per heavy atom. The number of allylic oxidation sites excluding steroid dienone is 1. The molecule has 0 aromatic heterocycles. The quantitative estimate of drug-likeness (QED) is 0.270. The second-order valence-corrected chi connectivity index (χ2v) is 5.43. The second-order valence-electron chi connectivity index (χ2n) is 5.43. The lowest BCUT2D eigenvalue weighted by molar-refractivity contribution is -0.452. The molecule has 21 heteroatoms. The molecule has 0 unspecified atom stereocenters. The lowest BCUT2D eigenvalue weighted by Crippen LogP contribution is -2.75. The van der Waals surface area contributed by atoms with Gasteiger partial charge in [-0.15, -0.1) is 0 Å². The van der Waals surface area contributed by atoms with E-state index >= 15 is 0 Å². The summed E-state index contributed by atoms with van der Waals surface area (Å²) < 4.78 is 267. The predicted octanol–water partition coefficient (Wildman–Crippen LogP) is 7.57. The molecule has 0 N–H and O–H groups in total. The Bertz CT molecular complexity index is 722. The maximum absolute atomic E-state index is 13.2. The molecule has 32 heavy (non-hydrogen) atoms. The third-order valence-electron chi connectivity index (χ3n) is 3.44. The smallest absolute Gasteiger partial charge is 0.199 e. The minimum Gasteiger partial charge on any atom is -0.199 e. The highest BCUT2D eigenvalue weighted by molar-refractivity contribution is 5.21. The van der Waals surface area contributed by atoms with Crippen molar-refractivity contribution in [1.82, 2.24) is 0 Å². The van der Waals surface area contributed by atoms with Gasteiger partial charge in [0.15, 0.2) is 0 Å². The summed E-state index contributed by atoms with van der Waals surface area (Å²) in [6.45, 7) is 0. The molecular weight excluding hydrogens is 531 g/mol. The first-order valence-electron chi connectivity index (χ1n) is 6.47. The molecule has 0 aromatic carbocycles. The van der Waals surface area contributed by atoms with Gasteiger partial charge in [-0.3, -0.25) is 0 Å². The molecule has 0 heterocycles. The van der Waals surface area contributed by atoms with Crippen LogP contribution in [0.15, 0.2) is 11.9 Å². The van der Waals surface area contributed by atoms with Crippen molar-refractivity contribution in [2.75, 3.05) is 0 Å². The Balaban J connectivity index is 6.98. The molecule has 191 valence electrons. The lowest BCUT2D eigenvalue weighted by atomic mass is 9.87. The van der Waals surface area contributed by atoms with Gasteiger partial charge in [-0.2, -0.15) is 92.2 Å². The Morgan fingerprint density at radius 3 is 0.750 bits per heavy atom. The van der Waals surface area contributed by atoms with Crippen LogP contribution in [-0.2, 0) is 0 Å². The Hall–Kier alpha value is -1.73. The molecule has 0 aliphatic heterocycles. The van der Waals surface area contributed by atoms with Gasteiger partial charge in [0.05, 0.1) is 0 Å². The number of hydrogen-bond acceptors (Lipinski definition) is 0. The van der Waals surface area contributed by atoms with Crippen LogP contribution in [0.1, 0.15) is 0 Å². The highest BCUT2D eigenvalue weighted by atomic mass is 19.4. The summed E-state index contributed by atoms with van der Waals surface area (Å²) in [6.07, 6.45) is -9.87. The Labute approximate surface area is 159 Å². The topological polar surface area (TPSA) is 0 Å². The van der Waals surface area contributed by atoms with Crippen molar-refractivity contribution in [2.24, 2.45) is 0 Å². The van der Waals surface area contributed by atoms with E-state index in [0.29, 0.717) is 0 Å². The fraction of sp³-hybridized carbons (Fsp3) is 0.727. The van der Waals surface area contributed by atoms with Gasteiger partial charge in [-0.05, 0) is 0 Å². The largest absolute Gasteiger partial charge is 0.385 e. The molecule has 0 saturated carbocycles. The van der Waals surface area contributed by atoms with Crippen LogP contribution < -0.4 is 0 Å². The van der Waals surface area contributed by atoms with Crippen LogP contribution in [0.5, 0.6) is 0 Å². The van der Waals surface area contributed by atoms with Crippen molar-refractivity contribution in [3.63, 3.8) is 0 Å². The first-order chi connectivity index (χ1) is 13.5. The van der Waals surface area contributed by atoms with Gasteiger partial charge < -0.3 is 0 Å². The van der Waals surface area contributed by atoms with Crippen molar-refractivity contribution in [2.45, 2.75) is 47.4 Å². The van der Waals surface area contributed by atoms with Gasteiger partial charge in [0.2, 0.25) is 5.83 Å². The van der Waals surface area contributed by atoms with Gasteiger partial charge >= 0.3 is 59.9 Å². The molecule has 0 aliphatic rings. The summed E-state index contributed by atoms with van der Waals surface area (Å²) >= 11 is 0. The van der Waals surface area contributed by atoms with Crippen LogP contribution in [0, 0.1) is 6.43 Å². The summed E-state index contributed by atoms with van der Waals surface area (Å²) in [7, 11) is 0. The van der Waals surface area contributed by atoms with Crippen molar-refractivity contribution in [3.8, 4) is 0 Å². The first kappa shape index (κ1) is 30.3. The van der Waals surface area contributed by atoms with E-state index in [4.69, 9.17) is 0 Å². The molecule has 0 aliphatic carbocycles.